The number of nitrogens with one attached hydrogen (secondary N) is 2. The molecule has 0 bridgehead atoms. The summed E-state index contributed by atoms with van der Waals surface area (Å²) in [7, 11) is 0. The molecule has 1 aliphatic rings. The standard InChI is InChI=1S/C29H23ClF3N3O5/c1-2-3-14-41-28(40)17-10-12-22(13-11-17)36-26(38)23(30)24(27(36)39)34-20-8-4-6-18(15-20)25(37)35-21-9-5-7-19(16-21)29(31,32)33/h4-13,15-16,34H,2-3,14H2,1H3,(H,35,37). The van der Waals surface area contributed by atoms with Gasteiger partial charge in [0.15, 0.2) is 0 Å². The number of carbonyl (C=O) groups excluding carboxylic acids is 4. The second-order valence-electron chi connectivity index (χ2n) is 8.91. The van der Waals surface area contributed by atoms with Crippen LogP contribution in [0.25, 0.3) is 0 Å². The topological polar surface area (TPSA) is 105 Å². The van der Waals surface area contributed by atoms with E-state index in [4.69, 9.17) is 16.3 Å². The Hall–Kier alpha value is -4.64. The van der Waals surface area contributed by atoms with E-state index < -0.39 is 40.5 Å². The Balaban J connectivity index is 1.46. The minimum atomic E-state index is -4.57. The van der Waals surface area contributed by atoms with Crippen LogP contribution < -0.4 is 15.5 Å². The third-order valence-electron chi connectivity index (χ3n) is 5.96. The van der Waals surface area contributed by atoms with Crippen LogP contribution in [0.4, 0.5) is 30.2 Å². The molecule has 0 spiro atoms. The molecule has 3 aromatic rings. The molecule has 0 aromatic heterocycles. The molecule has 3 amide bonds. The lowest BCUT2D eigenvalue weighted by Gasteiger charge is -2.16. The fraction of sp³-hybridized carbons (Fsp3) is 0.172. The van der Waals surface area contributed by atoms with Crippen LogP contribution in [0.5, 0.6) is 0 Å². The number of alkyl halides is 3. The van der Waals surface area contributed by atoms with Crippen LogP contribution >= 0.6 is 11.6 Å². The summed E-state index contributed by atoms with van der Waals surface area (Å²) in [5.41, 5.74) is -0.489. The van der Waals surface area contributed by atoms with Crippen LogP contribution in [-0.2, 0) is 20.5 Å². The van der Waals surface area contributed by atoms with Crippen LogP contribution in [0.1, 0.15) is 46.0 Å². The molecule has 3 aromatic carbocycles. The molecule has 2 N–H and O–H groups in total. The number of benzene rings is 3. The number of esters is 1. The fourth-order valence-corrected chi connectivity index (χ4v) is 4.06. The maximum absolute atomic E-state index is 13.1. The molecule has 8 nitrogen and oxygen atoms in total. The number of nitrogens with zero attached hydrogens (tertiary/aromatic N) is 1. The Kier molecular flexibility index (Phi) is 8.77. The van der Waals surface area contributed by atoms with E-state index in [-0.39, 0.29) is 40.5 Å². The highest BCUT2D eigenvalue weighted by atomic mass is 35.5. The molecular weight excluding hydrogens is 563 g/mol. The number of halogens is 4. The monoisotopic (exact) mass is 585 g/mol. The summed E-state index contributed by atoms with van der Waals surface area (Å²) in [5, 5.41) is 4.76. The van der Waals surface area contributed by atoms with Crippen molar-refractivity contribution in [1.29, 1.82) is 0 Å². The van der Waals surface area contributed by atoms with Gasteiger partial charge in [0.25, 0.3) is 17.7 Å². The van der Waals surface area contributed by atoms with E-state index in [0.29, 0.717) is 0 Å². The van der Waals surface area contributed by atoms with Gasteiger partial charge in [-0.3, -0.25) is 14.4 Å². The fourth-order valence-electron chi connectivity index (χ4n) is 3.84. The molecule has 0 saturated carbocycles. The van der Waals surface area contributed by atoms with Gasteiger partial charge in [0.2, 0.25) is 0 Å². The summed E-state index contributed by atoms with van der Waals surface area (Å²) in [6, 6.07) is 15.6. The second-order valence-corrected chi connectivity index (χ2v) is 9.29. The summed E-state index contributed by atoms with van der Waals surface area (Å²) < 4.78 is 44.1. The number of rotatable bonds is 9. The van der Waals surface area contributed by atoms with Gasteiger partial charge in [0, 0.05) is 16.9 Å². The van der Waals surface area contributed by atoms with Gasteiger partial charge in [-0.2, -0.15) is 13.2 Å². The molecule has 12 heteroatoms. The average Bonchev–Trinajstić information content (AvgIpc) is 3.16. The molecule has 0 aliphatic carbocycles. The van der Waals surface area contributed by atoms with E-state index in [0.717, 1.165) is 29.9 Å². The summed E-state index contributed by atoms with van der Waals surface area (Å²) in [6.07, 6.45) is -2.98. The van der Waals surface area contributed by atoms with Crippen LogP contribution in [0.3, 0.4) is 0 Å². The van der Waals surface area contributed by atoms with Crippen LogP contribution in [-0.4, -0.2) is 30.3 Å². The van der Waals surface area contributed by atoms with E-state index in [1.807, 2.05) is 6.92 Å². The maximum Gasteiger partial charge on any atom is 0.416 e. The van der Waals surface area contributed by atoms with Crippen molar-refractivity contribution in [2.45, 2.75) is 25.9 Å². The Morgan fingerprint density at radius 2 is 1.59 bits per heavy atom. The number of carbonyl (C=O) groups is 4. The van der Waals surface area contributed by atoms with E-state index >= 15 is 0 Å². The van der Waals surface area contributed by atoms with E-state index in [9.17, 15) is 32.3 Å². The van der Waals surface area contributed by atoms with Gasteiger partial charge >= 0.3 is 12.1 Å². The van der Waals surface area contributed by atoms with Gasteiger partial charge in [0.1, 0.15) is 10.7 Å². The summed E-state index contributed by atoms with van der Waals surface area (Å²) in [4.78, 5) is 51.6. The Morgan fingerprint density at radius 1 is 0.902 bits per heavy atom. The highest BCUT2D eigenvalue weighted by molar-refractivity contribution is 6.53. The lowest BCUT2D eigenvalue weighted by Crippen LogP contribution is -2.32. The van der Waals surface area contributed by atoms with Crippen molar-refractivity contribution in [3.05, 3.63) is 100 Å². The molecule has 0 saturated heterocycles. The highest BCUT2D eigenvalue weighted by Crippen LogP contribution is 2.32. The van der Waals surface area contributed by atoms with Gasteiger partial charge in [-0.15, -0.1) is 0 Å². The van der Waals surface area contributed by atoms with Crippen LogP contribution in [0.15, 0.2) is 83.5 Å². The van der Waals surface area contributed by atoms with E-state index in [1.54, 1.807) is 0 Å². The quantitative estimate of drug-likeness (QED) is 0.172. The zero-order valence-electron chi connectivity index (χ0n) is 21.5. The molecule has 0 fully saturated rings. The molecule has 212 valence electrons. The molecule has 0 unspecified atom stereocenters. The van der Waals surface area contributed by atoms with E-state index in [2.05, 4.69) is 10.6 Å². The zero-order valence-corrected chi connectivity index (χ0v) is 22.3. The number of imide groups is 1. The van der Waals surface area contributed by atoms with Crippen molar-refractivity contribution in [1.82, 2.24) is 0 Å². The first-order valence-corrected chi connectivity index (χ1v) is 12.8. The number of unbranched alkanes of at least 4 members (excludes halogenated alkanes) is 1. The number of amides is 3. The summed E-state index contributed by atoms with van der Waals surface area (Å²) >= 11 is 6.19. The van der Waals surface area contributed by atoms with Crippen molar-refractivity contribution >= 4 is 52.4 Å². The smallest absolute Gasteiger partial charge is 0.416 e. The predicted octanol–water partition coefficient (Wildman–Crippen LogP) is 6.35. The van der Waals surface area contributed by atoms with Gasteiger partial charge in [0.05, 0.1) is 23.4 Å². The van der Waals surface area contributed by atoms with Gasteiger partial charge < -0.3 is 15.4 Å². The van der Waals surface area contributed by atoms with Gasteiger partial charge in [-0.1, -0.05) is 37.1 Å². The van der Waals surface area contributed by atoms with Crippen molar-refractivity contribution in [2.24, 2.45) is 0 Å². The third kappa shape index (κ3) is 6.75. The van der Waals surface area contributed by atoms with Gasteiger partial charge in [-0.05, 0) is 67.1 Å². The lowest BCUT2D eigenvalue weighted by atomic mass is 10.1. The Labute approximate surface area is 237 Å². The van der Waals surface area contributed by atoms with Crippen molar-refractivity contribution < 1.29 is 37.1 Å². The maximum atomic E-state index is 13.1. The predicted molar refractivity (Wildman–Crippen MR) is 146 cm³/mol. The number of anilines is 3. The first-order valence-electron chi connectivity index (χ1n) is 12.4. The summed E-state index contributed by atoms with van der Waals surface area (Å²) in [5.74, 6) is -2.79. The van der Waals surface area contributed by atoms with Crippen LogP contribution in [0.2, 0.25) is 0 Å². The molecule has 0 radical (unpaired) electrons. The minimum Gasteiger partial charge on any atom is -0.462 e. The molecule has 41 heavy (non-hydrogen) atoms. The first kappa shape index (κ1) is 29.3. The molecule has 4 rings (SSSR count). The first-order chi connectivity index (χ1) is 19.5. The van der Waals surface area contributed by atoms with Crippen molar-refractivity contribution in [3.8, 4) is 0 Å². The van der Waals surface area contributed by atoms with E-state index in [1.165, 1.54) is 60.7 Å². The average molecular weight is 586 g/mol. The molecular formula is C29H23ClF3N3O5. The summed E-state index contributed by atoms with van der Waals surface area (Å²) in [6.45, 7) is 2.25. The Bertz CT molecular complexity index is 1540. The second kappa shape index (κ2) is 12.3. The largest absolute Gasteiger partial charge is 0.462 e. The molecule has 0 atom stereocenters. The SMILES string of the molecule is CCCCOC(=O)c1ccc(N2C(=O)C(Cl)=C(Nc3cccc(C(=O)Nc4cccc(C(F)(F)F)c4)c3)C2=O)cc1. The van der Waals surface area contributed by atoms with Crippen molar-refractivity contribution in [2.75, 3.05) is 22.1 Å². The molecule has 1 aliphatic heterocycles. The third-order valence-corrected chi connectivity index (χ3v) is 6.31. The normalized spacial score (nSPS) is 13.4. The lowest BCUT2D eigenvalue weighted by molar-refractivity contribution is -0.137. The minimum absolute atomic E-state index is 0.0543. The number of hydrogen-bond donors (Lipinski definition) is 2. The number of hydrogen-bond acceptors (Lipinski definition) is 6. The van der Waals surface area contributed by atoms with Crippen molar-refractivity contribution in [3.63, 3.8) is 0 Å². The number of ether oxygens (including phenoxy) is 1. The zero-order chi connectivity index (χ0) is 29.7. The van der Waals surface area contributed by atoms with Gasteiger partial charge in [-0.25, -0.2) is 9.69 Å². The Morgan fingerprint density at radius 3 is 2.27 bits per heavy atom. The molecule has 1 heterocycles. The highest BCUT2D eigenvalue weighted by Gasteiger charge is 2.39. The van der Waals surface area contributed by atoms with Crippen LogP contribution in [0, 0.1) is 0 Å².